The Morgan fingerprint density at radius 2 is 2.30 bits per heavy atom. The van der Waals surface area contributed by atoms with Crippen molar-refractivity contribution in [3.05, 3.63) is 0 Å². The molecule has 0 aromatic carbocycles. The summed E-state index contributed by atoms with van der Waals surface area (Å²) in [5.41, 5.74) is 5.12. The molecule has 10 heavy (non-hydrogen) atoms. The second kappa shape index (κ2) is 7.50. The van der Waals surface area contributed by atoms with E-state index in [1.807, 2.05) is 0 Å². The van der Waals surface area contributed by atoms with Gasteiger partial charge in [-0.2, -0.15) is 0 Å². The molecule has 0 spiro atoms. The molecule has 0 aliphatic carbocycles. The third kappa shape index (κ3) is 6.51. The van der Waals surface area contributed by atoms with E-state index in [4.69, 9.17) is 10.8 Å². The van der Waals surface area contributed by atoms with Crippen LogP contribution < -0.4 is 11.1 Å². The monoisotopic (exact) mass is 156 g/mol. The number of rotatable bonds is 4. The van der Waals surface area contributed by atoms with Crippen molar-refractivity contribution in [1.82, 2.24) is 5.32 Å². The molecule has 0 heterocycles. The Bertz CT molecular complexity index is 99.6. The van der Waals surface area contributed by atoms with Crippen LogP contribution in [0.3, 0.4) is 0 Å². The zero-order valence-electron chi connectivity index (χ0n) is 5.42. The summed E-state index contributed by atoms with van der Waals surface area (Å²) in [7, 11) is 0. The van der Waals surface area contributed by atoms with Crippen LogP contribution in [0.2, 0.25) is 0 Å². The quantitative estimate of drug-likeness (QED) is 0.427. The molecular weight excluding hydrogens is 143 g/mol. The predicted octanol–water partition coefficient (Wildman–Crippen LogP) is -1.64. The van der Waals surface area contributed by atoms with E-state index in [1.165, 1.54) is 0 Å². The van der Waals surface area contributed by atoms with Crippen LogP contribution in [0, 0.1) is 0 Å². The minimum atomic E-state index is -0.844. The van der Waals surface area contributed by atoms with Crippen molar-refractivity contribution in [2.24, 2.45) is 5.73 Å². The van der Waals surface area contributed by atoms with Crippen molar-refractivity contribution >= 4 is 35.5 Å². The van der Waals surface area contributed by atoms with Gasteiger partial charge in [0.25, 0.3) is 0 Å². The fraction of sp³-hybridized carbons (Fsp3) is 0.800. The summed E-state index contributed by atoms with van der Waals surface area (Å²) < 4.78 is 0. The SMILES string of the molecule is CC(NCCN)C(=O)O.[NaH]. The molecule has 0 radical (unpaired) electrons. The van der Waals surface area contributed by atoms with Crippen LogP contribution in [0.1, 0.15) is 6.92 Å². The Morgan fingerprint density at radius 3 is 2.60 bits per heavy atom. The average Bonchev–Trinajstić information content (AvgIpc) is 1.82. The van der Waals surface area contributed by atoms with Crippen molar-refractivity contribution in [1.29, 1.82) is 0 Å². The summed E-state index contributed by atoms with van der Waals surface area (Å²) in [5.74, 6) is -0.844. The maximum atomic E-state index is 10.1. The number of hydrogen-bond donors (Lipinski definition) is 3. The van der Waals surface area contributed by atoms with E-state index in [9.17, 15) is 4.79 Å². The fourth-order valence-corrected chi connectivity index (χ4v) is 0.387. The van der Waals surface area contributed by atoms with Gasteiger partial charge in [-0.15, -0.1) is 0 Å². The first-order chi connectivity index (χ1) is 4.18. The van der Waals surface area contributed by atoms with Gasteiger partial charge in [0.05, 0.1) is 0 Å². The predicted molar refractivity (Wildman–Crippen MR) is 41.3 cm³/mol. The molecule has 0 saturated heterocycles. The van der Waals surface area contributed by atoms with Crippen LogP contribution in [-0.2, 0) is 4.79 Å². The zero-order chi connectivity index (χ0) is 7.28. The molecule has 0 aromatic rings. The first-order valence-corrected chi connectivity index (χ1v) is 2.84. The Hall–Kier alpha value is 0.390. The Labute approximate surface area is 82.5 Å². The summed E-state index contributed by atoms with van der Waals surface area (Å²) in [6.07, 6.45) is 0. The van der Waals surface area contributed by atoms with Crippen LogP contribution >= 0.6 is 0 Å². The summed E-state index contributed by atoms with van der Waals surface area (Å²) in [6, 6.07) is -0.492. The number of nitrogens with one attached hydrogen (secondary N) is 1. The van der Waals surface area contributed by atoms with Crippen molar-refractivity contribution in [2.75, 3.05) is 13.1 Å². The number of carboxylic acids is 1. The van der Waals surface area contributed by atoms with Gasteiger partial charge in [0.2, 0.25) is 0 Å². The fourth-order valence-electron chi connectivity index (χ4n) is 0.387. The van der Waals surface area contributed by atoms with Gasteiger partial charge in [-0.05, 0) is 6.92 Å². The van der Waals surface area contributed by atoms with Crippen LogP contribution in [0.4, 0.5) is 0 Å². The minimum absolute atomic E-state index is 0. The van der Waals surface area contributed by atoms with Crippen molar-refractivity contribution in [3.63, 3.8) is 0 Å². The van der Waals surface area contributed by atoms with Gasteiger partial charge >= 0.3 is 35.5 Å². The van der Waals surface area contributed by atoms with Crippen LogP contribution in [0.15, 0.2) is 0 Å². The van der Waals surface area contributed by atoms with Crippen molar-refractivity contribution in [2.45, 2.75) is 13.0 Å². The second-order valence-electron chi connectivity index (χ2n) is 1.80. The summed E-state index contributed by atoms with van der Waals surface area (Å²) in [5, 5.41) is 11.0. The van der Waals surface area contributed by atoms with E-state index >= 15 is 0 Å². The standard InChI is InChI=1S/C5H12N2O2.Na.H/c1-4(5(8)9)7-3-2-6;;/h4,7H,2-3,6H2,1H3,(H,8,9);;. The van der Waals surface area contributed by atoms with E-state index in [1.54, 1.807) is 6.92 Å². The molecule has 5 heteroatoms. The van der Waals surface area contributed by atoms with Gasteiger partial charge in [-0.3, -0.25) is 4.79 Å². The second-order valence-corrected chi connectivity index (χ2v) is 1.80. The zero-order valence-corrected chi connectivity index (χ0v) is 5.42. The average molecular weight is 156 g/mol. The number of carbonyl (C=O) groups is 1. The molecule has 1 unspecified atom stereocenters. The molecule has 0 saturated carbocycles. The van der Waals surface area contributed by atoms with Crippen molar-refractivity contribution in [3.8, 4) is 0 Å². The van der Waals surface area contributed by atoms with E-state index in [0.29, 0.717) is 13.1 Å². The Morgan fingerprint density at radius 1 is 1.80 bits per heavy atom. The van der Waals surface area contributed by atoms with Gasteiger partial charge in [0, 0.05) is 13.1 Å². The molecule has 0 bridgehead atoms. The van der Waals surface area contributed by atoms with Gasteiger partial charge in [-0.25, -0.2) is 0 Å². The van der Waals surface area contributed by atoms with E-state index in [-0.39, 0.29) is 29.6 Å². The van der Waals surface area contributed by atoms with E-state index < -0.39 is 12.0 Å². The molecule has 0 amide bonds. The topological polar surface area (TPSA) is 75.3 Å². The summed E-state index contributed by atoms with van der Waals surface area (Å²) in [6.45, 7) is 2.60. The first-order valence-electron chi connectivity index (χ1n) is 2.84. The molecule has 1 atom stereocenters. The number of nitrogens with two attached hydrogens (primary N) is 1. The number of aliphatic carboxylic acids is 1. The van der Waals surface area contributed by atoms with E-state index in [0.717, 1.165) is 0 Å². The third-order valence-electron chi connectivity index (χ3n) is 0.965. The van der Waals surface area contributed by atoms with Crippen LogP contribution in [-0.4, -0.2) is 59.8 Å². The molecule has 4 nitrogen and oxygen atoms in total. The molecule has 0 rings (SSSR count). The molecular formula is C5H13N2NaO2. The van der Waals surface area contributed by atoms with Crippen molar-refractivity contribution < 1.29 is 9.90 Å². The van der Waals surface area contributed by atoms with E-state index in [2.05, 4.69) is 5.32 Å². The van der Waals surface area contributed by atoms with Gasteiger partial charge in [0.15, 0.2) is 0 Å². The van der Waals surface area contributed by atoms with Gasteiger partial charge in [-0.1, -0.05) is 0 Å². The molecule has 0 aromatic heterocycles. The Balaban J connectivity index is 0. The first kappa shape index (κ1) is 13.0. The molecule has 0 aliphatic heterocycles. The molecule has 0 fully saturated rings. The van der Waals surface area contributed by atoms with Crippen LogP contribution in [0.5, 0.6) is 0 Å². The third-order valence-corrected chi connectivity index (χ3v) is 0.965. The molecule has 0 aliphatic rings. The Kier molecular flexibility index (Phi) is 9.76. The summed E-state index contributed by atoms with van der Waals surface area (Å²) >= 11 is 0. The van der Waals surface area contributed by atoms with Gasteiger partial charge < -0.3 is 16.2 Å². The number of carboxylic acid groups (broad SMARTS) is 1. The molecule has 56 valence electrons. The maximum absolute atomic E-state index is 10.1. The number of hydrogen-bond acceptors (Lipinski definition) is 3. The summed E-state index contributed by atoms with van der Waals surface area (Å²) in [4.78, 5) is 10.1. The molecule has 4 N–H and O–H groups in total. The van der Waals surface area contributed by atoms with Crippen LogP contribution in [0.25, 0.3) is 0 Å². The normalized spacial score (nSPS) is 11.8. The van der Waals surface area contributed by atoms with Gasteiger partial charge in [0.1, 0.15) is 6.04 Å².